The van der Waals surface area contributed by atoms with Crippen LogP contribution in [0, 0.1) is 0 Å². The number of hydrogen-bond acceptors (Lipinski definition) is 6. The first kappa shape index (κ1) is 24.5. The van der Waals surface area contributed by atoms with Gasteiger partial charge in [-0.15, -0.1) is 0 Å². The third-order valence-corrected chi connectivity index (χ3v) is 6.27. The minimum absolute atomic E-state index is 0.230. The first-order chi connectivity index (χ1) is 17.9. The Morgan fingerprint density at radius 3 is 2.62 bits per heavy atom. The topological polar surface area (TPSA) is 75.0 Å². The second kappa shape index (κ2) is 10.0. The molecule has 0 bridgehead atoms. The van der Waals surface area contributed by atoms with Crippen LogP contribution < -0.4 is 9.47 Å². The van der Waals surface area contributed by atoms with Crippen LogP contribution in [0.25, 0.3) is 23.3 Å². The third kappa shape index (κ3) is 5.04. The lowest BCUT2D eigenvalue weighted by molar-refractivity contribution is -0.138. The van der Waals surface area contributed by atoms with Crippen LogP contribution in [0.2, 0.25) is 0 Å². The molecular weight excluding hydrogens is 483 g/mol. The molecule has 0 amide bonds. The van der Waals surface area contributed by atoms with Crippen LogP contribution in [0.4, 0.5) is 13.2 Å². The smallest absolute Gasteiger partial charge is 0.416 e. The normalized spacial score (nSPS) is 15.5. The van der Waals surface area contributed by atoms with Gasteiger partial charge in [0.25, 0.3) is 0 Å². The van der Waals surface area contributed by atoms with Crippen LogP contribution >= 0.6 is 0 Å². The molecule has 0 radical (unpaired) electrons. The predicted octanol–water partition coefficient (Wildman–Crippen LogP) is 5.87. The van der Waals surface area contributed by atoms with Crippen molar-refractivity contribution in [3.63, 3.8) is 0 Å². The summed E-state index contributed by atoms with van der Waals surface area (Å²) in [5, 5.41) is 4.52. The fourth-order valence-electron chi connectivity index (χ4n) is 4.56. The Kier molecular flexibility index (Phi) is 6.64. The van der Waals surface area contributed by atoms with E-state index >= 15 is 0 Å². The van der Waals surface area contributed by atoms with E-state index in [9.17, 15) is 13.2 Å². The summed E-state index contributed by atoms with van der Waals surface area (Å²) >= 11 is 0. The van der Waals surface area contributed by atoms with E-state index in [1.807, 2.05) is 18.2 Å². The van der Waals surface area contributed by atoms with Crippen molar-refractivity contribution in [3.05, 3.63) is 83.2 Å². The Morgan fingerprint density at radius 1 is 1.00 bits per heavy atom. The molecule has 0 saturated carbocycles. The number of halogens is 3. The maximum absolute atomic E-state index is 13.6. The molecule has 1 unspecified atom stereocenters. The van der Waals surface area contributed by atoms with Gasteiger partial charge in [-0.1, -0.05) is 18.2 Å². The SMILES string of the molecule is COc1cc(-c2ccc(/C=C/c3nc4n(n3)CCCC4c3ccccc3C(F)(F)F)nc2OC)ccn1. The summed E-state index contributed by atoms with van der Waals surface area (Å²) in [7, 11) is 3.09. The molecule has 1 atom stereocenters. The summed E-state index contributed by atoms with van der Waals surface area (Å²) in [6.45, 7) is 0.608. The van der Waals surface area contributed by atoms with Gasteiger partial charge in [0.05, 0.1) is 25.5 Å². The number of rotatable bonds is 6. The van der Waals surface area contributed by atoms with E-state index in [0.29, 0.717) is 42.1 Å². The van der Waals surface area contributed by atoms with Crippen LogP contribution in [-0.4, -0.2) is 39.0 Å². The van der Waals surface area contributed by atoms with Gasteiger partial charge in [0.2, 0.25) is 11.8 Å². The molecule has 5 rings (SSSR count). The highest BCUT2D eigenvalue weighted by molar-refractivity contribution is 5.72. The summed E-state index contributed by atoms with van der Waals surface area (Å²) in [4.78, 5) is 13.3. The van der Waals surface area contributed by atoms with Crippen LogP contribution in [0.1, 0.15) is 47.2 Å². The molecule has 4 heterocycles. The molecule has 4 aromatic rings. The summed E-state index contributed by atoms with van der Waals surface area (Å²) < 4.78 is 53.4. The van der Waals surface area contributed by atoms with Crippen LogP contribution in [0.3, 0.4) is 0 Å². The molecule has 190 valence electrons. The number of aromatic nitrogens is 5. The number of aryl methyl sites for hydroxylation is 1. The molecule has 37 heavy (non-hydrogen) atoms. The standard InChI is InChI=1S/C27H24F3N5O2/c1-36-24-16-17(13-14-31-24)19-11-9-18(32-26(19)37-2)10-12-23-33-25-21(7-5-15-35(25)34-23)20-6-3-4-8-22(20)27(28,29)30/h3-4,6,8-14,16,21H,5,7,15H2,1-2H3/b12-10+. The highest BCUT2D eigenvalue weighted by atomic mass is 19.4. The van der Waals surface area contributed by atoms with Crippen molar-refractivity contribution in [1.82, 2.24) is 24.7 Å². The van der Waals surface area contributed by atoms with Crippen molar-refractivity contribution in [1.29, 1.82) is 0 Å². The largest absolute Gasteiger partial charge is 0.481 e. The maximum atomic E-state index is 13.6. The lowest BCUT2D eigenvalue weighted by Gasteiger charge is -2.25. The van der Waals surface area contributed by atoms with Crippen LogP contribution in [0.5, 0.6) is 11.8 Å². The third-order valence-electron chi connectivity index (χ3n) is 6.27. The van der Waals surface area contributed by atoms with Crippen molar-refractivity contribution >= 4 is 12.2 Å². The van der Waals surface area contributed by atoms with Gasteiger partial charge in [0, 0.05) is 30.3 Å². The van der Waals surface area contributed by atoms with Gasteiger partial charge >= 0.3 is 6.18 Å². The number of fused-ring (bicyclic) bond motifs is 1. The fourth-order valence-corrected chi connectivity index (χ4v) is 4.56. The highest BCUT2D eigenvalue weighted by Crippen LogP contribution is 2.40. The molecule has 3 aromatic heterocycles. The molecule has 0 spiro atoms. The second-order valence-electron chi connectivity index (χ2n) is 8.54. The molecule has 1 aliphatic rings. The van der Waals surface area contributed by atoms with Crippen LogP contribution in [-0.2, 0) is 12.7 Å². The van der Waals surface area contributed by atoms with Crippen LogP contribution in [0.15, 0.2) is 54.7 Å². The molecule has 0 saturated heterocycles. The van der Waals surface area contributed by atoms with Crippen molar-refractivity contribution in [2.24, 2.45) is 0 Å². The Labute approximate surface area is 211 Å². The number of methoxy groups -OCH3 is 2. The average molecular weight is 508 g/mol. The number of nitrogens with zero attached hydrogens (tertiary/aromatic N) is 5. The summed E-state index contributed by atoms with van der Waals surface area (Å²) in [5.74, 6) is 1.38. The van der Waals surface area contributed by atoms with Gasteiger partial charge in [-0.3, -0.25) is 0 Å². The van der Waals surface area contributed by atoms with Crippen molar-refractivity contribution in [2.45, 2.75) is 31.5 Å². The Morgan fingerprint density at radius 2 is 1.84 bits per heavy atom. The quantitative estimate of drug-likeness (QED) is 0.325. The molecular formula is C27H24F3N5O2. The zero-order valence-electron chi connectivity index (χ0n) is 20.2. The molecule has 0 N–H and O–H groups in total. The monoisotopic (exact) mass is 507 g/mol. The zero-order chi connectivity index (χ0) is 26.0. The maximum Gasteiger partial charge on any atom is 0.416 e. The van der Waals surface area contributed by atoms with Gasteiger partial charge in [0.15, 0.2) is 5.82 Å². The number of ether oxygens (including phenoxy) is 2. The van der Waals surface area contributed by atoms with Gasteiger partial charge in [-0.2, -0.15) is 18.3 Å². The molecule has 10 heteroatoms. The summed E-state index contributed by atoms with van der Waals surface area (Å²) in [5.41, 5.74) is 1.85. The number of benzene rings is 1. The first-order valence-corrected chi connectivity index (χ1v) is 11.7. The second-order valence-corrected chi connectivity index (χ2v) is 8.54. The lowest BCUT2D eigenvalue weighted by Crippen LogP contribution is -2.21. The van der Waals surface area contributed by atoms with E-state index in [1.165, 1.54) is 12.1 Å². The Balaban J connectivity index is 1.43. The fraction of sp³-hybridized carbons (Fsp3) is 0.259. The predicted molar refractivity (Wildman–Crippen MR) is 132 cm³/mol. The van der Waals surface area contributed by atoms with Gasteiger partial charge in [0.1, 0.15) is 5.82 Å². The number of alkyl halides is 3. The van der Waals surface area contributed by atoms with E-state index in [4.69, 9.17) is 9.47 Å². The van der Waals surface area contributed by atoms with Gasteiger partial charge < -0.3 is 9.47 Å². The molecule has 1 aromatic carbocycles. The Hall–Kier alpha value is -4.21. The minimum atomic E-state index is -4.43. The van der Waals surface area contributed by atoms with E-state index < -0.39 is 17.7 Å². The van der Waals surface area contributed by atoms with Crippen molar-refractivity contribution in [3.8, 4) is 22.9 Å². The van der Waals surface area contributed by atoms with E-state index in [-0.39, 0.29) is 5.56 Å². The van der Waals surface area contributed by atoms with E-state index in [2.05, 4.69) is 20.1 Å². The highest BCUT2D eigenvalue weighted by Gasteiger charge is 2.37. The van der Waals surface area contributed by atoms with Gasteiger partial charge in [-0.25, -0.2) is 19.6 Å². The minimum Gasteiger partial charge on any atom is -0.481 e. The Bertz CT molecular complexity index is 1450. The summed E-state index contributed by atoms with van der Waals surface area (Å²) in [6, 6.07) is 13.0. The van der Waals surface area contributed by atoms with E-state index in [0.717, 1.165) is 23.6 Å². The zero-order valence-corrected chi connectivity index (χ0v) is 20.2. The van der Waals surface area contributed by atoms with E-state index in [1.54, 1.807) is 49.4 Å². The van der Waals surface area contributed by atoms with Crippen molar-refractivity contribution < 1.29 is 22.6 Å². The summed E-state index contributed by atoms with van der Waals surface area (Å²) in [6.07, 6.45) is 1.97. The molecule has 7 nitrogen and oxygen atoms in total. The molecule has 0 fully saturated rings. The number of pyridine rings is 2. The lowest BCUT2D eigenvalue weighted by atomic mass is 9.88. The molecule has 0 aliphatic carbocycles. The van der Waals surface area contributed by atoms with Crippen molar-refractivity contribution in [2.75, 3.05) is 14.2 Å². The average Bonchev–Trinajstić information content (AvgIpc) is 3.34. The molecule has 1 aliphatic heterocycles. The first-order valence-electron chi connectivity index (χ1n) is 11.7. The number of hydrogen-bond donors (Lipinski definition) is 0. The van der Waals surface area contributed by atoms with Gasteiger partial charge in [-0.05, 0) is 60.4 Å².